The van der Waals surface area contributed by atoms with E-state index in [0.717, 1.165) is 24.1 Å². The van der Waals surface area contributed by atoms with Crippen LogP contribution in [0, 0.1) is 0 Å². The lowest BCUT2D eigenvalue weighted by atomic mass is 10.4. The minimum Gasteiger partial charge on any atom is -0.748 e. The fourth-order valence-corrected chi connectivity index (χ4v) is 1.32. The Balaban J connectivity index is 0. The van der Waals surface area contributed by atoms with Gasteiger partial charge >= 0.3 is 0 Å². The van der Waals surface area contributed by atoms with Gasteiger partial charge in [0.15, 0.2) is 6.67 Å². The van der Waals surface area contributed by atoms with Gasteiger partial charge in [-0.25, -0.2) is 8.42 Å². The van der Waals surface area contributed by atoms with Crippen LogP contribution in [-0.2, 0) is 14.9 Å². The van der Waals surface area contributed by atoms with Crippen molar-refractivity contribution >= 4 is 16.0 Å². The number of carbonyl (C=O) groups is 1. The quantitative estimate of drug-likeness (QED) is 0.328. The lowest BCUT2D eigenvalue weighted by Crippen LogP contribution is -2.53. The van der Waals surface area contributed by atoms with E-state index in [-0.39, 0.29) is 5.91 Å². The Hall–Kier alpha value is -0.920. The smallest absolute Gasteiger partial charge is 0.247 e. The van der Waals surface area contributed by atoms with Crippen LogP contribution in [0.4, 0.5) is 0 Å². The van der Waals surface area contributed by atoms with Gasteiger partial charge in [-0.3, -0.25) is 4.79 Å². The zero-order valence-electron chi connectivity index (χ0n) is 11.6. The van der Waals surface area contributed by atoms with Crippen molar-refractivity contribution in [2.75, 3.05) is 32.6 Å². The molecule has 0 aromatic rings. The molecule has 0 saturated carbocycles. The summed E-state index contributed by atoms with van der Waals surface area (Å²) >= 11 is 0. The summed E-state index contributed by atoms with van der Waals surface area (Å²) in [5, 5.41) is 2.84. The highest BCUT2D eigenvalue weighted by Gasteiger charge is 2.20. The molecule has 1 N–H and O–H groups in total. The molecule has 0 heterocycles. The molecular weight excluding hydrogens is 256 g/mol. The Kier molecular flexibility index (Phi) is 9.78. The molecular formula is C11H24N2O4S. The Morgan fingerprint density at radius 2 is 1.61 bits per heavy atom. The van der Waals surface area contributed by atoms with E-state index in [2.05, 4.69) is 32.7 Å². The molecule has 0 aromatic heterocycles. The summed E-state index contributed by atoms with van der Waals surface area (Å²) in [5.41, 5.74) is 0. The second-order valence-electron chi connectivity index (χ2n) is 3.90. The van der Waals surface area contributed by atoms with Gasteiger partial charge < -0.3 is 14.4 Å². The third-order valence-corrected chi connectivity index (χ3v) is 2.79. The largest absolute Gasteiger partial charge is 0.748 e. The van der Waals surface area contributed by atoms with Gasteiger partial charge in [0.25, 0.3) is 0 Å². The van der Waals surface area contributed by atoms with Crippen molar-refractivity contribution in [1.29, 1.82) is 0 Å². The second-order valence-corrected chi connectivity index (χ2v) is 5.31. The molecule has 0 aliphatic rings. The van der Waals surface area contributed by atoms with Gasteiger partial charge in [-0.15, -0.1) is 0 Å². The van der Waals surface area contributed by atoms with Crippen molar-refractivity contribution in [3.8, 4) is 0 Å². The normalized spacial score (nSPS) is 11.2. The number of quaternary nitrogens is 1. The summed E-state index contributed by atoms with van der Waals surface area (Å²) in [4.78, 5) is 11.0. The van der Waals surface area contributed by atoms with Crippen molar-refractivity contribution in [3.63, 3.8) is 0 Å². The fourth-order valence-electron chi connectivity index (χ4n) is 1.32. The standard InChI is InChI=1S/C10H20N2O.CH4O3S/c1-5-10(13)11-9-12(6-2,7-3)8-4;1-5(2,3)4/h5H,1,6-9H2,2-4H3;1H3,(H,2,3,4). The van der Waals surface area contributed by atoms with Crippen molar-refractivity contribution in [2.45, 2.75) is 20.8 Å². The number of nitrogens with one attached hydrogen (secondary N) is 1. The maximum Gasteiger partial charge on any atom is 0.247 e. The van der Waals surface area contributed by atoms with Crippen molar-refractivity contribution in [1.82, 2.24) is 5.32 Å². The van der Waals surface area contributed by atoms with Gasteiger partial charge in [-0.2, -0.15) is 0 Å². The lowest BCUT2D eigenvalue weighted by molar-refractivity contribution is -0.924. The minimum atomic E-state index is -3.92. The van der Waals surface area contributed by atoms with E-state index >= 15 is 0 Å². The van der Waals surface area contributed by atoms with Crippen molar-refractivity contribution in [3.05, 3.63) is 12.7 Å². The molecule has 0 spiro atoms. The fraction of sp³-hybridized carbons (Fsp3) is 0.727. The number of hydrogen-bond acceptors (Lipinski definition) is 4. The van der Waals surface area contributed by atoms with Gasteiger partial charge in [0, 0.05) is 6.26 Å². The molecule has 0 bridgehead atoms. The molecule has 0 fully saturated rings. The Labute approximate surface area is 110 Å². The highest BCUT2D eigenvalue weighted by Crippen LogP contribution is 2.02. The molecule has 0 saturated heterocycles. The number of nitrogens with zero attached hydrogens (tertiary/aromatic N) is 1. The molecule has 0 radical (unpaired) electrons. The predicted molar refractivity (Wildman–Crippen MR) is 70.7 cm³/mol. The highest BCUT2D eigenvalue weighted by atomic mass is 32.2. The van der Waals surface area contributed by atoms with Gasteiger partial charge in [-0.05, 0) is 26.8 Å². The molecule has 0 rings (SSSR count). The second kappa shape index (κ2) is 9.07. The van der Waals surface area contributed by atoms with Crippen LogP contribution in [0.1, 0.15) is 20.8 Å². The first-order valence-electron chi connectivity index (χ1n) is 5.80. The van der Waals surface area contributed by atoms with Crippen LogP contribution in [0.25, 0.3) is 0 Å². The number of hydrogen-bond donors (Lipinski definition) is 1. The molecule has 108 valence electrons. The summed E-state index contributed by atoms with van der Waals surface area (Å²) in [6.45, 7) is 13.7. The van der Waals surface area contributed by atoms with Gasteiger partial charge in [-0.1, -0.05) is 6.58 Å². The first kappa shape index (κ1) is 19.4. The van der Waals surface area contributed by atoms with E-state index in [9.17, 15) is 4.79 Å². The summed E-state index contributed by atoms with van der Waals surface area (Å²) < 4.78 is 28.2. The maximum absolute atomic E-state index is 11.0. The molecule has 0 aliphatic carbocycles. The Morgan fingerprint density at radius 3 is 1.83 bits per heavy atom. The Morgan fingerprint density at radius 1 is 1.28 bits per heavy atom. The monoisotopic (exact) mass is 280 g/mol. The van der Waals surface area contributed by atoms with E-state index in [1.807, 2.05) is 0 Å². The Bertz CT molecular complexity index is 332. The topological polar surface area (TPSA) is 86.3 Å². The SMILES string of the molecule is C=CC(=O)NC[N+](CC)(CC)CC.CS(=O)(=O)[O-]. The van der Waals surface area contributed by atoms with Gasteiger partial charge in [0.05, 0.1) is 29.8 Å². The van der Waals surface area contributed by atoms with E-state index < -0.39 is 10.1 Å². The first-order valence-corrected chi connectivity index (χ1v) is 7.62. The minimum absolute atomic E-state index is 0.0853. The van der Waals surface area contributed by atoms with Gasteiger partial charge in [0.1, 0.15) is 0 Å². The van der Waals surface area contributed by atoms with Crippen molar-refractivity contribution < 1.29 is 22.2 Å². The summed E-state index contributed by atoms with van der Waals surface area (Å²) in [6.07, 6.45) is 1.92. The molecule has 18 heavy (non-hydrogen) atoms. The molecule has 0 aliphatic heterocycles. The van der Waals surface area contributed by atoms with Gasteiger partial charge in [0.2, 0.25) is 5.91 Å². The molecule has 6 nitrogen and oxygen atoms in total. The molecule has 0 atom stereocenters. The average molecular weight is 280 g/mol. The zero-order valence-corrected chi connectivity index (χ0v) is 12.4. The summed E-state index contributed by atoms with van der Waals surface area (Å²) in [5.74, 6) is -0.0853. The van der Waals surface area contributed by atoms with Crippen LogP contribution in [0.2, 0.25) is 0 Å². The third-order valence-electron chi connectivity index (χ3n) is 2.79. The lowest BCUT2D eigenvalue weighted by Gasteiger charge is -2.35. The number of carbonyl (C=O) groups excluding carboxylic acids is 1. The van der Waals surface area contributed by atoms with Crippen molar-refractivity contribution in [2.24, 2.45) is 0 Å². The average Bonchev–Trinajstić information content (AvgIpc) is 2.29. The first-order chi connectivity index (χ1) is 8.14. The van der Waals surface area contributed by atoms with Crippen LogP contribution >= 0.6 is 0 Å². The molecule has 7 heteroatoms. The highest BCUT2D eigenvalue weighted by molar-refractivity contribution is 7.84. The number of amides is 1. The molecule has 0 aromatic carbocycles. The van der Waals surface area contributed by atoms with Crippen LogP contribution in [0.15, 0.2) is 12.7 Å². The third kappa shape index (κ3) is 11.6. The van der Waals surface area contributed by atoms with Crippen LogP contribution in [0.3, 0.4) is 0 Å². The maximum atomic E-state index is 11.0. The summed E-state index contributed by atoms with van der Waals surface area (Å²) in [7, 11) is -3.92. The zero-order chi connectivity index (χ0) is 14.8. The number of rotatable bonds is 6. The molecule has 0 unspecified atom stereocenters. The predicted octanol–water partition coefficient (Wildman–Crippen LogP) is 0.284. The van der Waals surface area contributed by atoms with E-state index in [4.69, 9.17) is 13.0 Å². The van der Waals surface area contributed by atoms with E-state index in [1.54, 1.807) is 0 Å². The van der Waals surface area contributed by atoms with E-state index in [1.165, 1.54) is 6.08 Å². The molecule has 1 amide bonds. The van der Waals surface area contributed by atoms with Crippen LogP contribution < -0.4 is 5.32 Å². The summed E-state index contributed by atoms with van der Waals surface area (Å²) in [6, 6.07) is 0. The van der Waals surface area contributed by atoms with E-state index in [0.29, 0.717) is 12.9 Å². The van der Waals surface area contributed by atoms with Crippen LogP contribution in [0.5, 0.6) is 0 Å². The van der Waals surface area contributed by atoms with Crippen LogP contribution in [-0.4, -0.2) is 55.9 Å².